The summed E-state index contributed by atoms with van der Waals surface area (Å²) in [6.45, 7) is 2.32. The summed E-state index contributed by atoms with van der Waals surface area (Å²) in [4.78, 5) is 19.4. The molecule has 1 amide bonds. The van der Waals surface area contributed by atoms with Gasteiger partial charge in [0.1, 0.15) is 0 Å². The third-order valence-electron chi connectivity index (χ3n) is 6.17. The minimum atomic E-state index is -4.53. The van der Waals surface area contributed by atoms with E-state index in [1.165, 1.54) is 11.7 Å². The van der Waals surface area contributed by atoms with Crippen LogP contribution in [0.25, 0.3) is 22.3 Å². The molecule has 7 nitrogen and oxygen atoms in total. The molecule has 0 saturated carbocycles. The minimum absolute atomic E-state index is 0.119. The van der Waals surface area contributed by atoms with E-state index >= 15 is 0 Å². The van der Waals surface area contributed by atoms with Crippen LogP contribution >= 0.6 is 0 Å². The van der Waals surface area contributed by atoms with Crippen LogP contribution in [-0.2, 0) is 26.7 Å². The van der Waals surface area contributed by atoms with E-state index in [1.807, 2.05) is 31.2 Å². The van der Waals surface area contributed by atoms with E-state index in [4.69, 9.17) is 0 Å². The highest BCUT2D eigenvalue weighted by Crippen LogP contribution is 2.38. The fourth-order valence-corrected chi connectivity index (χ4v) is 4.54. The summed E-state index contributed by atoms with van der Waals surface area (Å²) in [6.07, 6.45) is -2.34. The van der Waals surface area contributed by atoms with Crippen molar-refractivity contribution in [3.8, 4) is 11.4 Å². The molecule has 0 radical (unpaired) electrons. The standard InChI is InChI=1S/C23H21F3N6O/c1-13-20-16(21(31(3)29-20)18-12-19(23(24,25)26)28-30(18)2)8-10-32(13)22(33)15-6-7-17-14(11-15)5-4-9-27-17/h4-7,9,11-13H,8,10H2,1-3H3. The number of carbonyl (C=O) groups is 1. The first kappa shape index (κ1) is 21.2. The van der Waals surface area contributed by atoms with Crippen molar-refractivity contribution < 1.29 is 18.0 Å². The zero-order chi connectivity index (χ0) is 23.5. The monoisotopic (exact) mass is 454 g/mol. The smallest absolute Gasteiger partial charge is 0.330 e. The predicted molar refractivity (Wildman–Crippen MR) is 115 cm³/mol. The molecule has 4 heterocycles. The van der Waals surface area contributed by atoms with Gasteiger partial charge in [-0.25, -0.2) is 0 Å². The lowest BCUT2D eigenvalue weighted by atomic mass is 9.96. The van der Waals surface area contributed by atoms with E-state index in [0.717, 1.165) is 22.5 Å². The summed E-state index contributed by atoms with van der Waals surface area (Å²) < 4.78 is 42.3. The predicted octanol–water partition coefficient (Wildman–Crippen LogP) is 4.15. The fourth-order valence-electron chi connectivity index (χ4n) is 4.54. The summed E-state index contributed by atoms with van der Waals surface area (Å²) >= 11 is 0. The number of alkyl halides is 3. The van der Waals surface area contributed by atoms with Gasteiger partial charge in [0.25, 0.3) is 5.91 Å². The number of rotatable bonds is 2. The van der Waals surface area contributed by atoms with Crippen molar-refractivity contribution in [3.63, 3.8) is 0 Å². The van der Waals surface area contributed by atoms with Gasteiger partial charge in [-0.2, -0.15) is 23.4 Å². The first-order chi connectivity index (χ1) is 15.6. The van der Waals surface area contributed by atoms with E-state index < -0.39 is 11.9 Å². The molecule has 10 heteroatoms. The average Bonchev–Trinajstić information content (AvgIpc) is 3.32. The number of nitrogens with zero attached hydrogens (tertiary/aromatic N) is 6. The maximum atomic E-state index is 13.3. The highest BCUT2D eigenvalue weighted by atomic mass is 19.4. The number of halogens is 3. The molecule has 1 atom stereocenters. The molecule has 4 aromatic rings. The Labute approximate surface area is 187 Å². The molecule has 0 bridgehead atoms. The number of hydrogen-bond acceptors (Lipinski definition) is 4. The Hall–Kier alpha value is -3.69. The van der Waals surface area contributed by atoms with Crippen LogP contribution in [0.15, 0.2) is 42.6 Å². The highest BCUT2D eigenvalue weighted by Gasteiger charge is 2.37. The molecule has 5 rings (SSSR count). The lowest BCUT2D eigenvalue weighted by Crippen LogP contribution is -2.38. The van der Waals surface area contributed by atoms with Crippen molar-refractivity contribution in [1.82, 2.24) is 29.4 Å². The van der Waals surface area contributed by atoms with Crippen LogP contribution in [0.3, 0.4) is 0 Å². The average molecular weight is 454 g/mol. The molecule has 0 N–H and O–H groups in total. The van der Waals surface area contributed by atoms with Crippen molar-refractivity contribution in [2.45, 2.75) is 25.6 Å². The maximum absolute atomic E-state index is 13.3. The van der Waals surface area contributed by atoms with Gasteiger partial charge in [-0.05, 0) is 43.7 Å². The second-order valence-corrected chi connectivity index (χ2v) is 8.21. The third kappa shape index (κ3) is 3.46. The van der Waals surface area contributed by atoms with Gasteiger partial charge in [0.2, 0.25) is 0 Å². The van der Waals surface area contributed by atoms with Gasteiger partial charge in [-0.1, -0.05) is 6.07 Å². The Kier molecular flexibility index (Phi) is 4.77. The first-order valence-corrected chi connectivity index (χ1v) is 10.5. The number of aromatic nitrogens is 5. The number of pyridine rings is 1. The van der Waals surface area contributed by atoms with Crippen molar-refractivity contribution in [2.24, 2.45) is 14.1 Å². The number of hydrogen-bond donors (Lipinski definition) is 0. The summed E-state index contributed by atoms with van der Waals surface area (Å²) in [6, 6.07) is 9.85. The molecule has 1 aliphatic rings. The molecule has 33 heavy (non-hydrogen) atoms. The molecule has 0 saturated heterocycles. The second-order valence-electron chi connectivity index (χ2n) is 8.21. The SMILES string of the molecule is CC1c2nn(C)c(-c3cc(C(F)(F)F)nn3C)c2CCN1C(=O)c1ccc2ncccc2c1. The summed E-state index contributed by atoms with van der Waals surface area (Å²) in [5.41, 5.74) is 2.88. The van der Waals surface area contributed by atoms with Crippen LogP contribution in [0.1, 0.15) is 40.3 Å². The molecule has 0 aliphatic carbocycles. The molecule has 1 aliphatic heterocycles. The number of amides is 1. The Balaban J connectivity index is 1.50. The van der Waals surface area contributed by atoms with Crippen LogP contribution in [-0.4, -0.2) is 41.9 Å². The topological polar surface area (TPSA) is 68.8 Å². The quantitative estimate of drug-likeness (QED) is 0.456. The van der Waals surface area contributed by atoms with Crippen LogP contribution in [0.2, 0.25) is 0 Å². The Morgan fingerprint density at radius 3 is 2.61 bits per heavy atom. The fraction of sp³-hybridized carbons (Fsp3) is 0.304. The lowest BCUT2D eigenvalue weighted by molar-refractivity contribution is -0.141. The zero-order valence-electron chi connectivity index (χ0n) is 18.3. The largest absolute Gasteiger partial charge is 0.435 e. The van der Waals surface area contributed by atoms with Crippen LogP contribution in [0, 0.1) is 0 Å². The van der Waals surface area contributed by atoms with E-state index in [2.05, 4.69) is 15.2 Å². The molecule has 1 unspecified atom stereocenters. The number of aryl methyl sites for hydroxylation is 2. The van der Waals surface area contributed by atoms with Crippen molar-refractivity contribution in [1.29, 1.82) is 0 Å². The molecule has 3 aromatic heterocycles. The number of carbonyl (C=O) groups excluding carboxylic acids is 1. The van der Waals surface area contributed by atoms with Crippen molar-refractivity contribution >= 4 is 16.8 Å². The van der Waals surface area contributed by atoms with Gasteiger partial charge in [0.05, 0.1) is 28.6 Å². The molecule has 0 spiro atoms. The zero-order valence-corrected chi connectivity index (χ0v) is 18.3. The van der Waals surface area contributed by atoms with E-state index in [-0.39, 0.29) is 11.9 Å². The molecule has 170 valence electrons. The van der Waals surface area contributed by atoms with E-state index in [1.54, 1.807) is 28.9 Å². The Morgan fingerprint density at radius 2 is 1.88 bits per heavy atom. The van der Waals surface area contributed by atoms with E-state index in [9.17, 15) is 18.0 Å². The van der Waals surface area contributed by atoms with Gasteiger partial charge in [0.15, 0.2) is 5.69 Å². The van der Waals surface area contributed by atoms with Crippen LogP contribution in [0.4, 0.5) is 13.2 Å². The van der Waals surface area contributed by atoms with E-state index in [0.29, 0.717) is 35.6 Å². The van der Waals surface area contributed by atoms with Crippen LogP contribution < -0.4 is 0 Å². The number of benzene rings is 1. The summed E-state index contributed by atoms with van der Waals surface area (Å²) in [5.74, 6) is -0.119. The maximum Gasteiger partial charge on any atom is 0.435 e. The van der Waals surface area contributed by atoms with Gasteiger partial charge in [-0.15, -0.1) is 0 Å². The lowest BCUT2D eigenvalue weighted by Gasteiger charge is -2.33. The first-order valence-electron chi connectivity index (χ1n) is 10.5. The van der Waals surface area contributed by atoms with Crippen molar-refractivity contribution in [3.05, 3.63) is 65.1 Å². The van der Waals surface area contributed by atoms with Crippen molar-refractivity contribution in [2.75, 3.05) is 6.54 Å². The van der Waals surface area contributed by atoms with Gasteiger partial charge >= 0.3 is 6.18 Å². The van der Waals surface area contributed by atoms with Gasteiger partial charge < -0.3 is 4.90 Å². The molecular weight excluding hydrogens is 433 g/mol. The summed E-state index contributed by atoms with van der Waals surface area (Å²) in [5, 5.41) is 9.10. The summed E-state index contributed by atoms with van der Waals surface area (Å²) in [7, 11) is 3.18. The Morgan fingerprint density at radius 1 is 1.09 bits per heavy atom. The molecule has 1 aromatic carbocycles. The van der Waals surface area contributed by atoms with Gasteiger partial charge in [-0.3, -0.25) is 19.1 Å². The minimum Gasteiger partial charge on any atom is -0.330 e. The normalized spacial score (nSPS) is 16.3. The molecule has 0 fully saturated rings. The van der Waals surface area contributed by atoms with Crippen LogP contribution in [0.5, 0.6) is 0 Å². The van der Waals surface area contributed by atoms with Gasteiger partial charge in [0, 0.05) is 43.4 Å². The molecular formula is C23H21F3N6O. The highest BCUT2D eigenvalue weighted by molar-refractivity contribution is 5.98. The Bertz CT molecular complexity index is 1390. The third-order valence-corrected chi connectivity index (χ3v) is 6.17. The number of fused-ring (bicyclic) bond motifs is 2. The second kappa shape index (κ2) is 7.43.